The molecule has 3 heterocycles. The topological polar surface area (TPSA) is 56.3 Å². The lowest BCUT2D eigenvalue weighted by Crippen LogP contribution is -2.36. The van der Waals surface area contributed by atoms with Crippen LogP contribution in [0.1, 0.15) is 43.7 Å². The van der Waals surface area contributed by atoms with E-state index in [0.29, 0.717) is 23.0 Å². The van der Waals surface area contributed by atoms with Gasteiger partial charge in [-0.3, -0.25) is 0 Å². The SMILES string of the molecule is CC1CCCN(c2cc(N3CCc4ccccc4C3)nc(NC(=S)NC3CC3)n2)C1. The van der Waals surface area contributed by atoms with Gasteiger partial charge in [0.1, 0.15) is 11.6 Å². The van der Waals surface area contributed by atoms with E-state index in [9.17, 15) is 0 Å². The number of nitrogens with one attached hydrogen (secondary N) is 2. The van der Waals surface area contributed by atoms with Gasteiger partial charge in [0, 0.05) is 38.3 Å². The van der Waals surface area contributed by atoms with Gasteiger partial charge in [0.15, 0.2) is 5.11 Å². The summed E-state index contributed by atoms with van der Waals surface area (Å²) in [7, 11) is 0. The summed E-state index contributed by atoms with van der Waals surface area (Å²) in [5, 5.41) is 7.20. The number of hydrogen-bond acceptors (Lipinski definition) is 5. The maximum Gasteiger partial charge on any atom is 0.232 e. The molecule has 2 N–H and O–H groups in total. The summed E-state index contributed by atoms with van der Waals surface area (Å²) in [4.78, 5) is 14.5. The Kier molecular flexibility index (Phi) is 5.46. The van der Waals surface area contributed by atoms with Crippen LogP contribution in [0.3, 0.4) is 0 Å². The lowest BCUT2D eigenvalue weighted by atomic mass is 10.00. The fourth-order valence-corrected chi connectivity index (χ4v) is 4.70. The largest absolute Gasteiger partial charge is 0.360 e. The van der Waals surface area contributed by atoms with Crippen LogP contribution in [0.15, 0.2) is 30.3 Å². The van der Waals surface area contributed by atoms with Crippen LogP contribution in [0.25, 0.3) is 0 Å². The van der Waals surface area contributed by atoms with Crippen molar-refractivity contribution in [2.24, 2.45) is 5.92 Å². The quantitative estimate of drug-likeness (QED) is 0.728. The predicted molar refractivity (Wildman–Crippen MR) is 126 cm³/mol. The number of anilines is 3. The minimum absolute atomic E-state index is 0.509. The smallest absolute Gasteiger partial charge is 0.232 e. The Morgan fingerprint density at radius 2 is 1.80 bits per heavy atom. The highest BCUT2D eigenvalue weighted by atomic mass is 32.1. The number of benzene rings is 1. The van der Waals surface area contributed by atoms with Gasteiger partial charge in [-0.05, 0) is 61.4 Å². The third-order valence-corrected chi connectivity index (χ3v) is 6.49. The molecule has 158 valence electrons. The van der Waals surface area contributed by atoms with E-state index >= 15 is 0 Å². The summed E-state index contributed by atoms with van der Waals surface area (Å²) in [5.41, 5.74) is 2.83. The van der Waals surface area contributed by atoms with E-state index in [1.54, 1.807) is 0 Å². The molecule has 1 unspecified atom stereocenters. The van der Waals surface area contributed by atoms with Crippen LogP contribution in [0.2, 0.25) is 0 Å². The van der Waals surface area contributed by atoms with E-state index in [0.717, 1.165) is 44.2 Å². The lowest BCUT2D eigenvalue weighted by molar-refractivity contribution is 0.444. The minimum atomic E-state index is 0.509. The minimum Gasteiger partial charge on any atom is -0.360 e. The summed E-state index contributed by atoms with van der Waals surface area (Å²) < 4.78 is 0. The van der Waals surface area contributed by atoms with Crippen molar-refractivity contribution in [1.82, 2.24) is 15.3 Å². The second-order valence-electron chi connectivity index (χ2n) is 8.91. The van der Waals surface area contributed by atoms with Crippen molar-refractivity contribution in [1.29, 1.82) is 0 Å². The van der Waals surface area contributed by atoms with Gasteiger partial charge in [0.05, 0.1) is 0 Å². The highest BCUT2D eigenvalue weighted by molar-refractivity contribution is 7.80. The number of nitrogens with zero attached hydrogens (tertiary/aromatic N) is 4. The van der Waals surface area contributed by atoms with Crippen molar-refractivity contribution in [2.45, 2.75) is 51.6 Å². The van der Waals surface area contributed by atoms with Crippen LogP contribution < -0.4 is 20.4 Å². The Morgan fingerprint density at radius 3 is 2.57 bits per heavy atom. The zero-order valence-electron chi connectivity index (χ0n) is 17.6. The number of piperidine rings is 1. The van der Waals surface area contributed by atoms with Gasteiger partial charge in [0.2, 0.25) is 5.95 Å². The molecule has 0 bridgehead atoms. The number of aromatic nitrogens is 2. The molecule has 1 aliphatic carbocycles. The third kappa shape index (κ3) is 4.51. The second kappa shape index (κ2) is 8.38. The van der Waals surface area contributed by atoms with Crippen molar-refractivity contribution in [3.8, 4) is 0 Å². The Labute approximate surface area is 184 Å². The fourth-order valence-electron chi connectivity index (χ4n) is 4.44. The first-order chi connectivity index (χ1) is 14.6. The molecule has 6 nitrogen and oxygen atoms in total. The van der Waals surface area contributed by atoms with Gasteiger partial charge in [-0.2, -0.15) is 9.97 Å². The summed E-state index contributed by atoms with van der Waals surface area (Å²) in [6.07, 6.45) is 5.92. The van der Waals surface area contributed by atoms with Gasteiger partial charge in [0.25, 0.3) is 0 Å². The second-order valence-corrected chi connectivity index (χ2v) is 9.32. The molecule has 3 aliphatic rings. The molecule has 1 saturated carbocycles. The number of hydrogen-bond donors (Lipinski definition) is 2. The zero-order valence-corrected chi connectivity index (χ0v) is 18.4. The normalized spacial score (nSPS) is 21.2. The molecule has 1 aromatic carbocycles. The van der Waals surface area contributed by atoms with Gasteiger partial charge in [-0.1, -0.05) is 31.2 Å². The molecule has 1 saturated heterocycles. The maximum atomic E-state index is 5.49. The Morgan fingerprint density at radius 1 is 1.03 bits per heavy atom. The Hall–Kier alpha value is -2.41. The van der Waals surface area contributed by atoms with Crippen molar-refractivity contribution in [3.63, 3.8) is 0 Å². The molecule has 2 aromatic rings. The molecule has 0 radical (unpaired) electrons. The van der Waals surface area contributed by atoms with E-state index in [1.807, 2.05) is 0 Å². The molecule has 0 amide bonds. The molecule has 1 aromatic heterocycles. The summed E-state index contributed by atoms with van der Waals surface area (Å²) >= 11 is 5.49. The molecule has 5 rings (SSSR count). The average molecular weight is 423 g/mol. The van der Waals surface area contributed by atoms with Gasteiger partial charge in [-0.25, -0.2) is 0 Å². The average Bonchev–Trinajstić information content (AvgIpc) is 3.57. The van der Waals surface area contributed by atoms with Crippen LogP contribution in [0.5, 0.6) is 0 Å². The summed E-state index contributed by atoms with van der Waals surface area (Å²) in [6.45, 7) is 6.27. The van der Waals surface area contributed by atoms with Gasteiger partial charge in [-0.15, -0.1) is 0 Å². The van der Waals surface area contributed by atoms with E-state index in [1.165, 1.54) is 36.8 Å². The molecule has 7 heteroatoms. The molecular formula is C23H30N6S. The van der Waals surface area contributed by atoms with E-state index in [-0.39, 0.29) is 0 Å². The van der Waals surface area contributed by atoms with Gasteiger partial charge >= 0.3 is 0 Å². The standard InChI is InChI=1S/C23H30N6S/c1-16-5-4-11-28(14-16)20-13-21(26-22(25-20)27-23(30)24-19-8-9-19)29-12-10-17-6-2-3-7-18(17)15-29/h2-3,6-7,13,16,19H,4-5,8-12,14-15H2,1H3,(H2,24,25,26,27,30). The highest BCUT2D eigenvalue weighted by Gasteiger charge is 2.24. The Bertz CT molecular complexity index is 928. The number of thiocarbonyl (C=S) groups is 1. The Balaban J connectivity index is 1.42. The molecule has 1 atom stereocenters. The van der Waals surface area contributed by atoms with Crippen molar-refractivity contribution in [3.05, 3.63) is 41.5 Å². The molecular weight excluding hydrogens is 392 g/mol. The lowest BCUT2D eigenvalue weighted by Gasteiger charge is -2.34. The van der Waals surface area contributed by atoms with Crippen LogP contribution in [0, 0.1) is 5.92 Å². The van der Waals surface area contributed by atoms with Crippen molar-refractivity contribution >= 4 is 34.9 Å². The van der Waals surface area contributed by atoms with Crippen LogP contribution in [-0.4, -0.2) is 40.8 Å². The fraction of sp³-hybridized carbons (Fsp3) is 0.522. The van der Waals surface area contributed by atoms with Crippen LogP contribution in [-0.2, 0) is 13.0 Å². The first-order valence-corrected chi connectivity index (χ1v) is 11.6. The predicted octanol–water partition coefficient (Wildman–Crippen LogP) is 3.72. The highest BCUT2D eigenvalue weighted by Crippen LogP contribution is 2.29. The molecule has 2 aliphatic heterocycles. The van der Waals surface area contributed by atoms with Crippen LogP contribution in [0.4, 0.5) is 17.6 Å². The summed E-state index contributed by atoms with van der Waals surface area (Å²) in [5.74, 6) is 3.26. The zero-order chi connectivity index (χ0) is 20.5. The monoisotopic (exact) mass is 422 g/mol. The molecule has 30 heavy (non-hydrogen) atoms. The summed E-state index contributed by atoms with van der Waals surface area (Å²) in [6, 6.07) is 11.4. The molecule has 2 fully saturated rings. The van der Waals surface area contributed by atoms with E-state index in [2.05, 4.69) is 57.7 Å². The maximum absolute atomic E-state index is 5.49. The molecule has 0 spiro atoms. The van der Waals surface area contributed by atoms with E-state index in [4.69, 9.17) is 22.2 Å². The number of rotatable bonds is 4. The van der Waals surface area contributed by atoms with Crippen LogP contribution >= 0.6 is 12.2 Å². The third-order valence-electron chi connectivity index (χ3n) is 6.27. The number of fused-ring (bicyclic) bond motifs is 1. The van der Waals surface area contributed by atoms with Gasteiger partial charge < -0.3 is 20.4 Å². The first kappa shape index (κ1) is 19.5. The van der Waals surface area contributed by atoms with Crippen molar-refractivity contribution in [2.75, 3.05) is 34.8 Å². The first-order valence-electron chi connectivity index (χ1n) is 11.2. The van der Waals surface area contributed by atoms with E-state index < -0.39 is 0 Å². The van der Waals surface area contributed by atoms with Crippen molar-refractivity contribution < 1.29 is 0 Å².